The molecule has 1 fully saturated rings. The minimum Gasteiger partial charge on any atom is -0.373 e. The molecule has 110 valence electrons. The number of benzene rings is 1. The van der Waals surface area contributed by atoms with E-state index in [0.29, 0.717) is 5.69 Å². The number of carbonyl (C=O) groups excluding carboxylic acids is 1. The van der Waals surface area contributed by atoms with Crippen LogP contribution in [0, 0.1) is 0 Å². The highest BCUT2D eigenvalue weighted by atomic mass is 19.4. The molecule has 0 bridgehead atoms. The average Bonchev–Trinajstić information content (AvgIpc) is 2.81. The molecule has 1 N–H and O–H groups in total. The van der Waals surface area contributed by atoms with E-state index in [4.69, 9.17) is 0 Å². The Morgan fingerprint density at radius 3 is 2.71 bits per heavy atom. The molecule has 1 atom stereocenters. The third-order valence-electron chi connectivity index (χ3n) is 3.49. The molecule has 1 aromatic heterocycles. The predicted octanol–water partition coefficient (Wildman–Crippen LogP) is 2.77. The maximum atomic E-state index is 12.6. The summed E-state index contributed by atoms with van der Waals surface area (Å²) in [6, 6.07) is 8.05. The van der Waals surface area contributed by atoms with Crippen molar-refractivity contribution in [1.29, 1.82) is 0 Å². The van der Waals surface area contributed by atoms with E-state index in [1.165, 1.54) is 0 Å². The van der Waals surface area contributed by atoms with Crippen LogP contribution in [0.25, 0.3) is 10.9 Å². The third kappa shape index (κ3) is 2.51. The normalized spacial score (nSPS) is 19.3. The Morgan fingerprint density at radius 2 is 2.00 bits per heavy atom. The van der Waals surface area contributed by atoms with Crippen LogP contribution in [0.1, 0.15) is 6.42 Å². The summed E-state index contributed by atoms with van der Waals surface area (Å²) in [5.41, 5.74) is 1.34. The van der Waals surface area contributed by atoms with Gasteiger partial charge in [0.2, 0.25) is 0 Å². The Balaban J connectivity index is 1.85. The lowest BCUT2D eigenvalue weighted by Gasteiger charge is -2.20. The van der Waals surface area contributed by atoms with E-state index in [-0.39, 0.29) is 17.9 Å². The maximum absolute atomic E-state index is 12.6. The van der Waals surface area contributed by atoms with Gasteiger partial charge in [0.15, 0.2) is 0 Å². The van der Waals surface area contributed by atoms with Gasteiger partial charge in [0, 0.05) is 23.8 Å². The number of alkyl halides is 3. The summed E-state index contributed by atoms with van der Waals surface area (Å²) >= 11 is 0. The number of likely N-dealkylation sites (tertiary alicyclic amines) is 1. The first-order chi connectivity index (χ1) is 9.97. The lowest BCUT2D eigenvalue weighted by atomic mass is 10.1. The van der Waals surface area contributed by atoms with Crippen LogP contribution < -0.4 is 5.32 Å². The second-order valence-corrected chi connectivity index (χ2v) is 4.82. The van der Waals surface area contributed by atoms with Crippen LogP contribution in [0.4, 0.5) is 18.9 Å². The van der Waals surface area contributed by atoms with E-state index in [2.05, 4.69) is 10.3 Å². The molecule has 1 unspecified atom stereocenters. The maximum Gasteiger partial charge on any atom is 0.487 e. The Morgan fingerprint density at radius 1 is 1.24 bits per heavy atom. The molecule has 1 saturated heterocycles. The molecular weight excluding hydrogens is 283 g/mol. The van der Waals surface area contributed by atoms with Crippen molar-refractivity contribution < 1.29 is 18.0 Å². The molecule has 1 amide bonds. The van der Waals surface area contributed by atoms with Gasteiger partial charge in [-0.1, -0.05) is 18.2 Å². The summed E-state index contributed by atoms with van der Waals surface area (Å²) in [4.78, 5) is 15.9. The fourth-order valence-electron chi connectivity index (χ4n) is 2.48. The van der Waals surface area contributed by atoms with Crippen molar-refractivity contribution in [3.63, 3.8) is 0 Å². The number of pyridine rings is 1. The molecule has 0 aliphatic carbocycles. The number of hydrogen-bond acceptors (Lipinski definition) is 3. The molecule has 7 heteroatoms. The van der Waals surface area contributed by atoms with E-state index in [9.17, 15) is 18.0 Å². The number of para-hydroxylation sites is 1. The number of anilines is 1. The van der Waals surface area contributed by atoms with Gasteiger partial charge in [-0.25, -0.2) is 0 Å². The first kappa shape index (κ1) is 13.7. The van der Waals surface area contributed by atoms with Crippen molar-refractivity contribution in [2.45, 2.75) is 18.8 Å². The van der Waals surface area contributed by atoms with Crippen LogP contribution in [0.5, 0.6) is 0 Å². The summed E-state index contributed by atoms with van der Waals surface area (Å²) < 4.78 is 37.9. The molecule has 4 nitrogen and oxygen atoms in total. The van der Waals surface area contributed by atoms with E-state index in [1.807, 2.05) is 18.2 Å². The van der Waals surface area contributed by atoms with Crippen LogP contribution in [-0.2, 0) is 4.79 Å². The van der Waals surface area contributed by atoms with Gasteiger partial charge in [-0.15, -0.1) is 13.2 Å². The molecule has 0 spiro atoms. The van der Waals surface area contributed by atoms with Crippen LogP contribution in [0.15, 0.2) is 36.5 Å². The highest BCUT2D eigenvalue weighted by Crippen LogP contribution is 2.29. The van der Waals surface area contributed by atoms with Crippen LogP contribution in [0.2, 0.25) is 0 Å². The van der Waals surface area contributed by atoms with Crippen molar-refractivity contribution in [2.24, 2.45) is 0 Å². The van der Waals surface area contributed by atoms with Gasteiger partial charge < -0.3 is 5.32 Å². The third-order valence-corrected chi connectivity index (χ3v) is 3.49. The van der Waals surface area contributed by atoms with Crippen molar-refractivity contribution in [3.8, 4) is 0 Å². The molecule has 2 heterocycles. The number of nitrogens with one attached hydrogen (secondary N) is 1. The fourth-order valence-corrected chi connectivity index (χ4v) is 2.48. The summed E-state index contributed by atoms with van der Waals surface area (Å²) in [6.07, 6.45) is -2.94. The summed E-state index contributed by atoms with van der Waals surface area (Å²) in [6.45, 7) is -0.316. The first-order valence-electron chi connectivity index (χ1n) is 6.45. The Labute approximate surface area is 118 Å². The molecule has 1 aromatic carbocycles. The number of hydrogen-bond donors (Lipinski definition) is 1. The lowest BCUT2D eigenvalue weighted by Crippen LogP contribution is -2.42. The monoisotopic (exact) mass is 295 g/mol. The second kappa shape index (κ2) is 4.91. The van der Waals surface area contributed by atoms with E-state index in [1.54, 1.807) is 18.3 Å². The van der Waals surface area contributed by atoms with Crippen molar-refractivity contribution in [1.82, 2.24) is 9.88 Å². The molecule has 3 rings (SSSR count). The molecule has 0 radical (unpaired) electrons. The molecule has 21 heavy (non-hydrogen) atoms. The van der Waals surface area contributed by atoms with Gasteiger partial charge in [-0.05, 0) is 18.6 Å². The van der Waals surface area contributed by atoms with Gasteiger partial charge in [0.25, 0.3) is 5.91 Å². The van der Waals surface area contributed by atoms with Gasteiger partial charge in [0.1, 0.15) is 6.04 Å². The van der Waals surface area contributed by atoms with Gasteiger partial charge in [-0.2, -0.15) is 0 Å². The molecule has 0 saturated carbocycles. The average molecular weight is 295 g/mol. The Hall–Kier alpha value is -2.31. The van der Waals surface area contributed by atoms with E-state index >= 15 is 0 Å². The smallest absolute Gasteiger partial charge is 0.373 e. The number of rotatable bonds is 2. The van der Waals surface area contributed by atoms with Gasteiger partial charge in [-0.3, -0.25) is 14.7 Å². The Bertz CT molecular complexity index is 681. The number of fused-ring (bicyclic) bond motifs is 1. The largest absolute Gasteiger partial charge is 0.487 e. The zero-order chi connectivity index (χ0) is 15.0. The van der Waals surface area contributed by atoms with Gasteiger partial charge in [0.05, 0.1) is 5.52 Å². The molecule has 1 aliphatic heterocycles. The quantitative estimate of drug-likeness (QED) is 0.867. The molecular formula is C14H12F3N3O. The summed E-state index contributed by atoms with van der Waals surface area (Å²) in [5, 5.41) is 3.68. The van der Waals surface area contributed by atoms with Gasteiger partial charge >= 0.3 is 6.30 Å². The predicted molar refractivity (Wildman–Crippen MR) is 71.5 cm³/mol. The highest BCUT2D eigenvalue weighted by Gasteiger charge is 2.47. The SMILES string of the molecule is O=C1C(Nc2ccnc3ccccc23)CCN1C(F)(F)F. The van der Waals surface area contributed by atoms with Crippen molar-refractivity contribution >= 4 is 22.5 Å². The number of nitrogens with zero attached hydrogens (tertiary/aromatic N) is 2. The molecule has 2 aromatic rings. The second-order valence-electron chi connectivity index (χ2n) is 4.82. The topological polar surface area (TPSA) is 45.2 Å². The minimum absolute atomic E-state index is 0.0476. The zero-order valence-electron chi connectivity index (χ0n) is 10.9. The van der Waals surface area contributed by atoms with Crippen LogP contribution in [-0.4, -0.2) is 34.7 Å². The van der Waals surface area contributed by atoms with Crippen molar-refractivity contribution in [3.05, 3.63) is 36.5 Å². The summed E-state index contributed by atoms with van der Waals surface area (Å²) in [5.74, 6) is -0.941. The van der Waals surface area contributed by atoms with Crippen LogP contribution >= 0.6 is 0 Å². The van der Waals surface area contributed by atoms with Crippen LogP contribution in [0.3, 0.4) is 0 Å². The highest BCUT2D eigenvalue weighted by molar-refractivity contribution is 5.94. The first-order valence-corrected chi connectivity index (χ1v) is 6.45. The zero-order valence-corrected chi connectivity index (χ0v) is 10.9. The Kier molecular flexibility index (Phi) is 3.19. The van der Waals surface area contributed by atoms with E-state index < -0.39 is 18.2 Å². The van der Waals surface area contributed by atoms with E-state index in [0.717, 1.165) is 10.9 Å². The number of halogens is 3. The minimum atomic E-state index is -4.62. The standard InChI is InChI=1S/C14H12F3N3O/c15-14(16,17)20-8-6-12(13(20)21)19-11-5-7-18-10-4-2-1-3-9(10)11/h1-5,7,12H,6,8H2,(H,18,19). The lowest BCUT2D eigenvalue weighted by molar-refractivity contribution is -0.234. The molecule has 1 aliphatic rings. The number of amides is 1. The number of aromatic nitrogens is 1. The fraction of sp³-hybridized carbons (Fsp3) is 0.286. The van der Waals surface area contributed by atoms with Crippen molar-refractivity contribution in [2.75, 3.05) is 11.9 Å². The number of carbonyl (C=O) groups is 1. The summed E-state index contributed by atoms with van der Waals surface area (Å²) in [7, 11) is 0.